The van der Waals surface area contributed by atoms with Crippen molar-refractivity contribution in [1.82, 2.24) is 10.3 Å². The molecule has 0 aliphatic rings. The van der Waals surface area contributed by atoms with E-state index in [4.69, 9.17) is 5.26 Å². The quantitative estimate of drug-likeness (QED) is 0.786. The van der Waals surface area contributed by atoms with Gasteiger partial charge in [-0.3, -0.25) is 4.79 Å². The second-order valence-corrected chi connectivity index (χ2v) is 3.60. The number of anilines is 1. The molecule has 5 nitrogen and oxygen atoms in total. The fraction of sp³-hybridized carbons (Fsp3) is 0.364. The maximum absolute atomic E-state index is 11.3. The molecule has 5 heteroatoms. The summed E-state index contributed by atoms with van der Waals surface area (Å²) in [5, 5.41) is 14.2. The highest BCUT2D eigenvalue weighted by molar-refractivity contribution is 5.80. The number of amides is 1. The van der Waals surface area contributed by atoms with E-state index in [1.165, 1.54) is 0 Å². The van der Waals surface area contributed by atoms with Crippen LogP contribution in [0.15, 0.2) is 18.2 Å². The zero-order valence-electron chi connectivity index (χ0n) is 9.32. The highest BCUT2D eigenvalue weighted by Gasteiger charge is 2.03. The van der Waals surface area contributed by atoms with E-state index in [-0.39, 0.29) is 18.5 Å². The third kappa shape index (κ3) is 3.96. The summed E-state index contributed by atoms with van der Waals surface area (Å²) in [5.41, 5.74) is 0.328. The van der Waals surface area contributed by atoms with Crippen LogP contribution in [0, 0.1) is 11.3 Å². The van der Waals surface area contributed by atoms with Crippen molar-refractivity contribution in [1.29, 1.82) is 5.26 Å². The van der Waals surface area contributed by atoms with E-state index in [0.29, 0.717) is 11.5 Å². The molecule has 0 saturated carbocycles. The highest BCUT2D eigenvalue weighted by Crippen LogP contribution is 2.02. The lowest BCUT2D eigenvalue weighted by molar-refractivity contribution is -0.119. The summed E-state index contributed by atoms with van der Waals surface area (Å²) in [6, 6.07) is 7.09. The van der Waals surface area contributed by atoms with Crippen LogP contribution in [0.1, 0.15) is 19.5 Å². The number of rotatable bonds is 4. The van der Waals surface area contributed by atoms with E-state index in [9.17, 15) is 4.79 Å². The molecule has 0 aliphatic carbocycles. The van der Waals surface area contributed by atoms with Crippen LogP contribution in [0.3, 0.4) is 0 Å². The van der Waals surface area contributed by atoms with Gasteiger partial charge in [0, 0.05) is 6.04 Å². The largest absolute Gasteiger partial charge is 0.361 e. The molecule has 0 aromatic carbocycles. The van der Waals surface area contributed by atoms with Crippen molar-refractivity contribution in [3.8, 4) is 6.07 Å². The molecule has 2 N–H and O–H groups in total. The SMILES string of the molecule is CC(C)NC(=O)CNc1cccc(C#N)n1. The molecule has 0 fully saturated rings. The molecule has 84 valence electrons. The van der Waals surface area contributed by atoms with Crippen molar-refractivity contribution in [3.63, 3.8) is 0 Å². The predicted octanol–water partition coefficient (Wildman–Crippen LogP) is 0.890. The van der Waals surface area contributed by atoms with Crippen LogP contribution in [-0.2, 0) is 4.79 Å². The van der Waals surface area contributed by atoms with Crippen molar-refractivity contribution < 1.29 is 4.79 Å². The Bertz CT molecular complexity index is 409. The molecule has 1 heterocycles. The minimum Gasteiger partial charge on any atom is -0.361 e. The minimum atomic E-state index is -0.0980. The number of carbonyl (C=O) groups is 1. The Hall–Kier alpha value is -2.09. The maximum Gasteiger partial charge on any atom is 0.239 e. The summed E-state index contributed by atoms with van der Waals surface area (Å²) in [6.07, 6.45) is 0. The second kappa shape index (κ2) is 5.71. The molecule has 0 atom stereocenters. The van der Waals surface area contributed by atoms with E-state index >= 15 is 0 Å². The van der Waals surface area contributed by atoms with Crippen LogP contribution in [0.5, 0.6) is 0 Å². The van der Waals surface area contributed by atoms with Crippen molar-refractivity contribution in [3.05, 3.63) is 23.9 Å². The number of nitrogens with one attached hydrogen (secondary N) is 2. The van der Waals surface area contributed by atoms with Gasteiger partial charge in [0.1, 0.15) is 17.6 Å². The molecule has 0 spiro atoms. The van der Waals surface area contributed by atoms with E-state index in [2.05, 4.69) is 15.6 Å². The van der Waals surface area contributed by atoms with E-state index in [0.717, 1.165) is 0 Å². The standard InChI is InChI=1S/C11H14N4O/c1-8(2)14-11(16)7-13-10-5-3-4-9(6-12)15-10/h3-5,8H,7H2,1-2H3,(H,13,15)(H,14,16). The van der Waals surface area contributed by atoms with E-state index < -0.39 is 0 Å². The molecule has 0 aliphatic heterocycles. The first-order chi connectivity index (χ1) is 7.61. The summed E-state index contributed by atoms with van der Waals surface area (Å²) in [5.74, 6) is 0.428. The van der Waals surface area contributed by atoms with Gasteiger partial charge in [-0.25, -0.2) is 4.98 Å². The third-order valence-electron chi connectivity index (χ3n) is 1.74. The monoisotopic (exact) mass is 218 g/mol. The zero-order valence-corrected chi connectivity index (χ0v) is 9.32. The average molecular weight is 218 g/mol. The number of pyridine rings is 1. The normalized spacial score (nSPS) is 9.62. The molecule has 1 aromatic heterocycles. The summed E-state index contributed by atoms with van der Waals surface area (Å²) in [6.45, 7) is 3.94. The Morgan fingerprint density at radius 1 is 1.56 bits per heavy atom. The topological polar surface area (TPSA) is 77.8 Å². The Kier molecular flexibility index (Phi) is 4.28. The van der Waals surface area contributed by atoms with Gasteiger partial charge in [-0.15, -0.1) is 0 Å². The van der Waals surface area contributed by atoms with Gasteiger partial charge in [-0.05, 0) is 26.0 Å². The number of aromatic nitrogens is 1. The van der Waals surface area contributed by atoms with Crippen LogP contribution in [0.25, 0.3) is 0 Å². The van der Waals surface area contributed by atoms with Crippen molar-refractivity contribution in [2.75, 3.05) is 11.9 Å². The van der Waals surface area contributed by atoms with Gasteiger partial charge in [-0.1, -0.05) is 6.07 Å². The molecule has 1 rings (SSSR count). The number of nitriles is 1. The number of hydrogen-bond donors (Lipinski definition) is 2. The molecular formula is C11H14N4O. The first-order valence-corrected chi connectivity index (χ1v) is 5.02. The Morgan fingerprint density at radius 2 is 2.31 bits per heavy atom. The van der Waals surface area contributed by atoms with Gasteiger partial charge >= 0.3 is 0 Å². The van der Waals surface area contributed by atoms with Crippen LogP contribution in [-0.4, -0.2) is 23.5 Å². The van der Waals surface area contributed by atoms with E-state index in [1.54, 1.807) is 18.2 Å². The van der Waals surface area contributed by atoms with Crippen molar-refractivity contribution in [2.24, 2.45) is 0 Å². The molecule has 0 saturated heterocycles. The van der Waals surface area contributed by atoms with Gasteiger partial charge in [-0.2, -0.15) is 5.26 Å². The Balaban J connectivity index is 2.49. The predicted molar refractivity (Wildman–Crippen MR) is 60.7 cm³/mol. The first kappa shape index (κ1) is 12.0. The van der Waals surface area contributed by atoms with Crippen LogP contribution >= 0.6 is 0 Å². The van der Waals surface area contributed by atoms with Gasteiger partial charge < -0.3 is 10.6 Å². The summed E-state index contributed by atoms with van der Waals surface area (Å²) in [4.78, 5) is 15.3. The Morgan fingerprint density at radius 3 is 2.94 bits per heavy atom. The van der Waals surface area contributed by atoms with Crippen molar-refractivity contribution >= 4 is 11.7 Å². The maximum atomic E-state index is 11.3. The smallest absolute Gasteiger partial charge is 0.239 e. The molecule has 0 radical (unpaired) electrons. The summed E-state index contributed by atoms with van der Waals surface area (Å²) in [7, 11) is 0. The summed E-state index contributed by atoms with van der Waals surface area (Å²) < 4.78 is 0. The molecule has 16 heavy (non-hydrogen) atoms. The van der Waals surface area contributed by atoms with Crippen LogP contribution in [0.2, 0.25) is 0 Å². The lowest BCUT2D eigenvalue weighted by atomic mass is 10.3. The molecular weight excluding hydrogens is 204 g/mol. The zero-order chi connectivity index (χ0) is 12.0. The molecule has 1 aromatic rings. The van der Waals surface area contributed by atoms with Gasteiger partial charge in [0.25, 0.3) is 0 Å². The molecule has 0 bridgehead atoms. The van der Waals surface area contributed by atoms with E-state index in [1.807, 2.05) is 19.9 Å². The van der Waals surface area contributed by atoms with Gasteiger partial charge in [0.2, 0.25) is 5.91 Å². The fourth-order valence-corrected chi connectivity index (χ4v) is 1.14. The van der Waals surface area contributed by atoms with Crippen LogP contribution in [0.4, 0.5) is 5.82 Å². The number of carbonyl (C=O) groups excluding carboxylic acids is 1. The average Bonchev–Trinajstić information content (AvgIpc) is 2.26. The second-order valence-electron chi connectivity index (χ2n) is 3.60. The molecule has 1 amide bonds. The lowest BCUT2D eigenvalue weighted by Gasteiger charge is -2.09. The summed E-state index contributed by atoms with van der Waals surface area (Å²) >= 11 is 0. The number of hydrogen-bond acceptors (Lipinski definition) is 4. The van der Waals surface area contributed by atoms with Gasteiger partial charge in [0.05, 0.1) is 6.54 Å². The van der Waals surface area contributed by atoms with Crippen LogP contribution < -0.4 is 10.6 Å². The lowest BCUT2D eigenvalue weighted by Crippen LogP contribution is -2.34. The first-order valence-electron chi connectivity index (χ1n) is 5.02. The fourth-order valence-electron chi connectivity index (χ4n) is 1.14. The number of nitrogens with zero attached hydrogens (tertiary/aromatic N) is 2. The van der Waals surface area contributed by atoms with Crippen molar-refractivity contribution in [2.45, 2.75) is 19.9 Å². The highest BCUT2D eigenvalue weighted by atomic mass is 16.1. The third-order valence-corrected chi connectivity index (χ3v) is 1.74. The Labute approximate surface area is 94.5 Å². The van der Waals surface area contributed by atoms with Gasteiger partial charge in [0.15, 0.2) is 0 Å². The molecule has 0 unspecified atom stereocenters. The minimum absolute atomic E-state index is 0.0980.